The van der Waals surface area contributed by atoms with Crippen LogP contribution in [-0.2, 0) is 16.6 Å². The van der Waals surface area contributed by atoms with Crippen LogP contribution >= 0.6 is 11.3 Å². The van der Waals surface area contributed by atoms with Crippen molar-refractivity contribution in [3.63, 3.8) is 0 Å². The molecule has 0 saturated heterocycles. The van der Waals surface area contributed by atoms with Crippen molar-refractivity contribution < 1.29 is 8.42 Å². The molecule has 0 radical (unpaired) electrons. The first-order chi connectivity index (χ1) is 9.65. The van der Waals surface area contributed by atoms with Crippen molar-refractivity contribution in [3.8, 4) is 0 Å². The summed E-state index contributed by atoms with van der Waals surface area (Å²) in [5.74, 6) is 0. The van der Waals surface area contributed by atoms with Crippen LogP contribution in [0.2, 0.25) is 0 Å². The van der Waals surface area contributed by atoms with Crippen LogP contribution in [0.25, 0.3) is 0 Å². The Bertz CT molecular complexity index is 558. The van der Waals surface area contributed by atoms with Gasteiger partial charge in [-0.2, -0.15) is 0 Å². The summed E-state index contributed by atoms with van der Waals surface area (Å²) in [7, 11) is -3.49. The molecular formula is C15H28N2O2S2. The van der Waals surface area contributed by atoms with Gasteiger partial charge in [0.25, 0.3) is 0 Å². The quantitative estimate of drug-likeness (QED) is 0.767. The van der Waals surface area contributed by atoms with E-state index in [0.717, 1.165) is 23.3 Å². The topological polar surface area (TPSA) is 58.2 Å². The highest BCUT2D eigenvalue weighted by Gasteiger charge is 2.30. The van der Waals surface area contributed by atoms with Gasteiger partial charge in [0.05, 0.1) is 0 Å². The largest absolute Gasteiger partial charge is 0.310 e. The minimum atomic E-state index is -3.49. The molecule has 0 unspecified atom stereocenters. The summed E-state index contributed by atoms with van der Waals surface area (Å²) in [5, 5.41) is 5.21. The molecule has 2 N–H and O–H groups in total. The van der Waals surface area contributed by atoms with Gasteiger partial charge in [-0.25, -0.2) is 13.1 Å². The van der Waals surface area contributed by atoms with Crippen LogP contribution in [-0.4, -0.2) is 20.0 Å². The van der Waals surface area contributed by atoms with Gasteiger partial charge in [0.1, 0.15) is 4.90 Å². The normalized spacial score (nSPS) is 13.1. The SMILES string of the molecule is CCC(C)(CC)NS(=O)(=O)c1c(C)csc1CNC(C)C. The first kappa shape index (κ1) is 18.6. The second-order valence-electron chi connectivity index (χ2n) is 6.08. The van der Waals surface area contributed by atoms with E-state index in [-0.39, 0.29) is 0 Å². The molecule has 1 aromatic rings. The highest BCUT2D eigenvalue weighted by atomic mass is 32.2. The van der Waals surface area contributed by atoms with Crippen molar-refractivity contribution in [2.75, 3.05) is 0 Å². The standard InChI is InChI=1S/C15H28N2O2S2/c1-7-15(6,8-2)17-21(18,19)14-12(5)10-20-13(14)9-16-11(3)4/h10-11,16-17H,7-9H2,1-6H3. The third-order valence-electron chi connectivity index (χ3n) is 3.87. The minimum absolute atomic E-state index is 0.326. The van der Waals surface area contributed by atoms with Gasteiger partial charge < -0.3 is 5.32 Å². The maximum Gasteiger partial charge on any atom is 0.242 e. The number of rotatable bonds is 8. The maximum absolute atomic E-state index is 12.8. The minimum Gasteiger partial charge on any atom is -0.310 e. The lowest BCUT2D eigenvalue weighted by Gasteiger charge is -2.28. The predicted octanol–water partition coefficient (Wildman–Crippen LogP) is 3.41. The van der Waals surface area contributed by atoms with E-state index in [4.69, 9.17) is 0 Å². The van der Waals surface area contributed by atoms with Gasteiger partial charge in [-0.3, -0.25) is 0 Å². The van der Waals surface area contributed by atoms with Gasteiger partial charge in [0, 0.05) is 23.0 Å². The summed E-state index contributed by atoms with van der Waals surface area (Å²) in [5.41, 5.74) is 0.429. The molecule has 0 aliphatic heterocycles. The zero-order valence-electron chi connectivity index (χ0n) is 13.9. The van der Waals surface area contributed by atoms with Crippen molar-refractivity contribution in [2.45, 2.75) is 77.4 Å². The van der Waals surface area contributed by atoms with E-state index in [1.165, 1.54) is 11.3 Å². The summed E-state index contributed by atoms with van der Waals surface area (Å²) < 4.78 is 28.5. The van der Waals surface area contributed by atoms with Crippen LogP contribution in [0.1, 0.15) is 57.9 Å². The molecule has 0 aliphatic carbocycles. The third kappa shape index (κ3) is 4.77. The van der Waals surface area contributed by atoms with Crippen LogP contribution < -0.4 is 10.0 Å². The average Bonchev–Trinajstić information content (AvgIpc) is 2.77. The Hall–Kier alpha value is -0.430. The molecule has 1 heterocycles. The number of nitrogens with one attached hydrogen (secondary N) is 2. The van der Waals surface area contributed by atoms with Crippen molar-refractivity contribution in [3.05, 3.63) is 15.8 Å². The highest BCUT2D eigenvalue weighted by molar-refractivity contribution is 7.89. The molecule has 0 atom stereocenters. The summed E-state index contributed by atoms with van der Waals surface area (Å²) in [6.45, 7) is 12.5. The molecule has 122 valence electrons. The fourth-order valence-electron chi connectivity index (χ4n) is 2.04. The van der Waals surface area contributed by atoms with Gasteiger partial charge in [0.2, 0.25) is 10.0 Å². The summed E-state index contributed by atoms with van der Waals surface area (Å²) >= 11 is 1.50. The van der Waals surface area contributed by atoms with Gasteiger partial charge in [-0.05, 0) is 37.6 Å². The van der Waals surface area contributed by atoms with Crippen LogP contribution in [0, 0.1) is 6.92 Å². The van der Waals surface area contributed by atoms with Crippen molar-refractivity contribution in [1.29, 1.82) is 0 Å². The molecule has 1 aromatic heterocycles. The average molecular weight is 333 g/mol. The number of hydrogen-bond acceptors (Lipinski definition) is 4. The van der Waals surface area contributed by atoms with Crippen LogP contribution in [0.4, 0.5) is 0 Å². The van der Waals surface area contributed by atoms with E-state index in [0.29, 0.717) is 17.5 Å². The van der Waals surface area contributed by atoms with Crippen molar-refractivity contribution in [2.24, 2.45) is 0 Å². The van der Waals surface area contributed by atoms with E-state index in [2.05, 4.69) is 23.9 Å². The summed E-state index contributed by atoms with van der Waals surface area (Å²) in [6.07, 6.45) is 1.54. The number of sulfonamides is 1. The van der Waals surface area contributed by atoms with Crippen LogP contribution in [0.5, 0.6) is 0 Å². The number of hydrogen-bond donors (Lipinski definition) is 2. The molecule has 6 heteroatoms. The number of aryl methyl sites for hydroxylation is 1. The van der Waals surface area contributed by atoms with Crippen molar-refractivity contribution in [1.82, 2.24) is 10.0 Å². The first-order valence-corrected chi connectivity index (χ1v) is 9.85. The smallest absolute Gasteiger partial charge is 0.242 e. The third-order valence-corrected chi connectivity index (χ3v) is 6.97. The first-order valence-electron chi connectivity index (χ1n) is 7.49. The molecule has 0 bridgehead atoms. The molecule has 0 amide bonds. The van der Waals surface area contributed by atoms with Gasteiger partial charge in [-0.1, -0.05) is 27.7 Å². The fourth-order valence-corrected chi connectivity index (χ4v) is 5.35. The highest BCUT2D eigenvalue weighted by Crippen LogP contribution is 2.29. The molecular weight excluding hydrogens is 304 g/mol. The second kappa shape index (κ2) is 7.22. The zero-order valence-corrected chi connectivity index (χ0v) is 15.5. The number of thiophene rings is 1. The Balaban J connectivity index is 3.11. The lowest BCUT2D eigenvalue weighted by atomic mass is 9.98. The van der Waals surface area contributed by atoms with Gasteiger partial charge >= 0.3 is 0 Å². The van der Waals surface area contributed by atoms with E-state index >= 15 is 0 Å². The summed E-state index contributed by atoms with van der Waals surface area (Å²) in [6, 6.07) is 0.326. The molecule has 0 aromatic carbocycles. The van der Waals surface area contributed by atoms with E-state index in [1.54, 1.807) is 0 Å². The van der Waals surface area contributed by atoms with Crippen molar-refractivity contribution >= 4 is 21.4 Å². The lowest BCUT2D eigenvalue weighted by Crippen LogP contribution is -2.45. The van der Waals surface area contributed by atoms with E-state index in [9.17, 15) is 8.42 Å². The Kier molecular flexibility index (Phi) is 6.40. The van der Waals surface area contributed by atoms with Crippen LogP contribution in [0.3, 0.4) is 0 Å². The monoisotopic (exact) mass is 332 g/mol. The molecule has 4 nitrogen and oxygen atoms in total. The molecule has 0 aliphatic rings. The van der Waals surface area contributed by atoms with E-state index in [1.807, 2.05) is 33.1 Å². The molecule has 0 fully saturated rings. The van der Waals surface area contributed by atoms with Gasteiger partial charge in [0.15, 0.2) is 0 Å². The summed E-state index contributed by atoms with van der Waals surface area (Å²) in [4.78, 5) is 1.33. The lowest BCUT2D eigenvalue weighted by molar-refractivity contribution is 0.388. The second-order valence-corrected chi connectivity index (χ2v) is 8.66. The molecule has 1 rings (SSSR count). The van der Waals surface area contributed by atoms with E-state index < -0.39 is 15.6 Å². The Morgan fingerprint density at radius 1 is 1.29 bits per heavy atom. The van der Waals surface area contributed by atoms with Gasteiger partial charge in [-0.15, -0.1) is 11.3 Å². The molecule has 0 saturated carbocycles. The zero-order chi connectivity index (χ0) is 16.3. The Morgan fingerprint density at radius 2 is 1.86 bits per heavy atom. The Labute approximate surface area is 133 Å². The molecule has 21 heavy (non-hydrogen) atoms. The predicted molar refractivity (Wildman–Crippen MR) is 90.3 cm³/mol. The van der Waals surface area contributed by atoms with Crippen LogP contribution in [0.15, 0.2) is 10.3 Å². The molecule has 0 spiro atoms. The maximum atomic E-state index is 12.8. The Morgan fingerprint density at radius 3 is 2.33 bits per heavy atom. The fraction of sp³-hybridized carbons (Fsp3) is 0.733.